The van der Waals surface area contributed by atoms with Gasteiger partial charge in [0.15, 0.2) is 0 Å². The maximum atomic E-state index is 12.8. The van der Waals surface area contributed by atoms with E-state index in [-0.39, 0.29) is 12.1 Å². The van der Waals surface area contributed by atoms with Crippen molar-refractivity contribution in [2.45, 2.75) is 31.9 Å². The van der Waals surface area contributed by atoms with Gasteiger partial charge in [0.25, 0.3) is 10.2 Å². The second-order valence-electron chi connectivity index (χ2n) is 5.33. The van der Waals surface area contributed by atoms with Crippen LogP contribution in [-0.2, 0) is 14.9 Å². The van der Waals surface area contributed by atoms with E-state index < -0.39 is 10.2 Å². The van der Waals surface area contributed by atoms with Gasteiger partial charge in [0.1, 0.15) is 5.76 Å². The molecule has 0 radical (unpaired) electrons. The normalized spacial score (nSPS) is 29.9. The van der Waals surface area contributed by atoms with Crippen LogP contribution in [0.3, 0.4) is 0 Å². The number of hydrogen-bond donors (Lipinski definition) is 0. The van der Waals surface area contributed by atoms with Crippen molar-refractivity contribution in [3.8, 4) is 0 Å². The molecule has 0 aromatic carbocycles. The fourth-order valence-electron chi connectivity index (χ4n) is 2.93. The van der Waals surface area contributed by atoms with Gasteiger partial charge in [-0.1, -0.05) is 0 Å². The number of morpholine rings is 1. The maximum absolute atomic E-state index is 12.8. The van der Waals surface area contributed by atoms with Crippen molar-refractivity contribution in [1.29, 1.82) is 0 Å². The molecule has 0 spiro atoms. The van der Waals surface area contributed by atoms with E-state index in [9.17, 15) is 8.42 Å². The molecule has 0 saturated carbocycles. The minimum absolute atomic E-state index is 0.0526. The topological polar surface area (TPSA) is 63.0 Å². The lowest BCUT2D eigenvalue weighted by Crippen LogP contribution is -2.50. The Morgan fingerprint density at radius 2 is 2.20 bits per heavy atom. The monoisotopic (exact) mass is 300 g/mol. The zero-order chi connectivity index (χ0) is 14.2. The summed E-state index contributed by atoms with van der Waals surface area (Å²) in [5, 5.41) is 0. The summed E-state index contributed by atoms with van der Waals surface area (Å²) in [6.45, 7) is 3.76. The van der Waals surface area contributed by atoms with Gasteiger partial charge in [-0.3, -0.25) is 0 Å². The van der Waals surface area contributed by atoms with Crippen LogP contribution >= 0.6 is 0 Å². The molecule has 2 unspecified atom stereocenters. The van der Waals surface area contributed by atoms with Crippen LogP contribution in [-0.4, -0.2) is 49.4 Å². The molecule has 3 heterocycles. The zero-order valence-electron chi connectivity index (χ0n) is 11.6. The summed E-state index contributed by atoms with van der Waals surface area (Å²) < 4.78 is 39.5. The van der Waals surface area contributed by atoms with Gasteiger partial charge in [0.2, 0.25) is 0 Å². The fourth-order valence-corrected chi connectivity index (χ4v) is 4.82. The summed E-state index contributed by atoms with van der Waals surface area (Å²) in [5.74, 6) is 0.729. The predicted octanol–water partition coefficient (Wildman–Crippen LogP) is 1.38. The highest BCUT2D eigenvalue weighted by molar-refractivity contribution is 7.86. The molecule has 0 bridgehead atoms. The SMILES string of the molecule is CC1CN(S(=O)(=O)N2CCCC2c2ccco2)CCO1. The van der Waals surface area contributed by atoms with E-state index in [1.165, 1.54) is 4.31 Å². The third kappa shape index (κ3) is 2.50. The van der Waals surface area contributed by atoms with Gasteiger partial charge in [0, 0.05) is 19.6 Å². The molecule has 2 atom stereocenters. The van der Waals surface area contributed by atoms with Gasteiger partial charge in [-0.05, 0) is 31.9 Å². The van der Waals surface area contributed by atoms with Crippen molar-refractivity contribution in [2.75, 3.05) is 26.2 Å². The van der Waals surface area contributed by atoms with E-state index in [0.29, 0.717) is 26.2 Å². The van der Waals surface area contributed by atoms with Gasteiger partial charge in [-0.15, -0.1) is 0 Å². The van der Waals surface area contributed by atoms with Crippen LogP contribution in [0.2, 0.25) is 0 Å². The molecule has 1 aromatic rings. The Balaban J connectivity index is 1.83. The van der Waals surface area contributed by atoms with E-state index in [4.69, 9.17) is 9.15 Å². The van der Waals surface area contributed by atoms with Crippen molar-refractivity contribution in [1.82, 2.24) is 8.61 Å². The predicted molar refractivity (Wildman–Crippen MR) is 73.3 cm³/mol. The van der Waals surface area contributed by atoms with Gasteiger partial charge >= 0.3 is 0 Å². The highest BCUT2D eigenvalue weighted by Crippen LogP contribution is 2.35. The van der Waals surface area contributed by atoms with Crippen LogP contribution in [0.15, 0.2) is 22.8 Å². The number of rotatable bonds is 3. The van der Waals surface area contributed by atoms with E-state index in [2.05, 4.69) is 0 Å². The Hall–Kier alpha value is -0.890. The molecule has 0 amide bonds. The Morgan fingerprint density at radius 1 is 1.35 bits per heavy atom. The maximum Gasteiger partial charge on any atom is 0.282 e. The summed E-state index contributed by atoms with van der Waals surface area (Å²) >= 11 is 0. The lowest BCUT2D eigenvalue weighted by atomic mass is 10.2. The molecule has 0 aliphatic carbocycles. The van der Waals surface area contributed by atoms with Crippen molar-refractivity contribution < 1.29 is 17.6 Å². The molecule has 6 nitrogen and oxygen atoms in total. The highest BCUT2D eigenvalue weighted by atomic mass is 32.2. The van der Waals surface area contributed by atoms with Gasteiger partial charge in [-0.2, -0.15) is 17.0 Å². The number of nitrogens with zero attached hydrogens (tertiary/aromatic N) is 2. The molecule has 112 valence electrons. The summed E-state index contributed by atoms with van der Waals surface area (Å²) in [6.07, 6.45) is 3.22. The number of furan rings is 1. The molecule has 2 saturated heterocycles. The van der Waals surface area contributed by atoms with E-state index in [0.717, 1.165) is 18.6 Å². The molecule has 0 N–H and O–H groups in total. The quantitative estimate of drug-likeness (QED) is 0.846. The first-order valence-electron chi connectivity index (χ1n) is 7.01. The van der Waals surface area contributed by atoms with Crippen LogP contribution < -0.4 is 0 Å². The summed E-state index contributed by atoms with van der Waals surface area (Å²) in [6, 6.07) is 3.48. The standard InChI is InChI=1S/C13H20N2O4S/c1-11-10-14(7-9-18-11)20(16,17)15-6-2-4-12(15)13-5-3-8-19-13/h3,5,8,11-12H,2,4,6-7,9-10H2,1H3. The van der Waals surface area contributed by atoms with E-state index >= 15 is 0 Å². The fraction of sp³-hybridized carbons (Fsp3) is 0.692. The molecular weight excluding hydrogens is 280 g/mol. The van der Waals surface area contributed by atoms with Crippen LogP contribution in [0, 0.1) is 0 Å². The second-order valence-corrected chi connectivity index (χ2v) is 7.21. The number of ether oxygens (including phenoxy) is 1. The average molecular weight is 300 g/mol. The molecule has 2 aliphatic heterocycles. The molecule has 2 fully saturated rings. The van der Waals surface area contributed by atoms with Gasteiger partial charge in [-0.25, -0.2) is 0 Å². The third-order valence-electron chi connectivity index (χ3n) is 3.90. The van der Waals surface area contributed by atoms with Crippen molar-refractivity contribution in [3.05, 3.63) is 24.2 Å². The summed E-state index contributed by atoms with van der Waals surface area (Å²) in [5.41, 5.74) is 0. The lowest BCUT2D eigenvalue weighted by Gasteiger charge is -2.34. The Bertz CT molecular complexity index is 543. The summed E-state index contributed by atoms with van der Waals surface area (Å²) in [7, 11) is -3.44. The minimum atomic E-state index is -3.44. The Labute approximate surface area is 119 Å². The average Bonchev–Trinajstić information content (AvgIpc) is 3.09. The molecule has 3 rings (SSSR count). The first-order chi connectivity index (χ1) is 9.59. The molecule has 1 aromatic heterocycles. The smallest absolute Gasteiger partial charge is 0.282 e. The van der Waals surface area contributed by atoms with E-state index in [1.54, 1.807) is 16.6 Å². The minimum Gasteiger partial charge on any atom is -0.468 e. The van der Waals surface area contributed by atoms with Crippen molar-refractivity contribution in [3.63, 3.8) is 0 Å². The molecule has 20 heavy (non-hydrogen) atoms. The van der Waals surface area contributed by atoms with Crippen LogP contribution in [0.5, 0.6) is 0 Å². The van der Waals surface area contributed by atoms with E-state index in [1.807, 2.05) is 13.0 Å². The Morgan fingerprint density at radius 3 is 2.90 bits per heavy atom. The zero-order valence-corrected chi connectivity index (χ0v) is 12.4. The van der Waals surface area contributed by atoms with Crippen LogP contribution in [0.4, 0.5) is 0 Å². The third-order valence-corrected chi connectivity index (χ3v) is 5.92. The van der Waals surface area contributed by atoms with Crippen molar-refractivity contribution in [2.24, 2.45) is 0 Å². The van der Waals surface area contributed by atoms with Crippen molar-refractivity contribution >= 4 is 10.2 Å². The first kappa shape index (κ1) is 14.1. The molecule has 7 heteroatoms. The van der Waals surface area contributed by atoms with Crippen LogP contribution in [0.25, 0.3) is 0 Å². The first-order valence-corrected chi connectivity index (χ1v) is 8.40. The highest BCUT2D eigenvalue weighted by Gasteiger charge is 2.41. The molecule has 2 aliphatic rings. The number of hydrogen-bond acceptors (Lipinski definition) is 4. The van der Waals surface area contributed by atoms with Gasteiger partial charge < -0.3 is 9.15 Å². The molecular formula is C13H20N2O4S. The van der Waals surface area contributed by atoms with Gasteiger partial charge in [0.05, 0.1) is 25.0 Å². The summed E-state index contributed by atoms with van der Waals surface area (Å²) in [4.78, 5) is 0. The Kier molecular flexibility index (Phi) is 3.85. The lowest BCUT2D eigenvalue weighted by molar-refractivity contribution is 0.00802. The second kappa shape index (κ2) is 5.48. The van der Waals surface area contributed by atoms with Crippen LogP contribution in [0.1, 0.15) is 31.6 Å². The largest absolute Gasteiger partial charge is 0.468 e.